The summed E-state index contributed by atoms with van der Waals surface area (Å²) in [6, 6.07) is 5.72. The van der Waals surface area contributed by atoms with Gasteiger partial charge in [-0.3, -0.25) is 10.1 Å². The summed E-state index contributed by atoms with van der Waals surface area (Å²) < 4.78 is 15.9. The van der Waals surface area contributed by atoms with Crippen molar-refractivity contribution in [3.8, 4) is 11.5 Å². The van der Waals surface area contributed by atoms with Crippen LogP contribution < -0.4 is 14.8 Å². The largest absolute Gasteiger partial charge is 0.493 e. The van der Waals surface area contributed by atoms with E-state index in [1.807, 2.05) is 18.2 Å². The Balaban J connectivity index is 1.64. The van der Waals surface area contributed by atoms with Crippen LogP contribution in [0.2, 0.25) is 0 Å². The summed E-state index contributed by atoms with van der Waals surface area (Å²) in [6.07, 6.45) is 1.90. The molecule has 24 heavy (non-hydrogen) atoms. The maximum absolute atomic E-state index is 12.0. The maximum Gasteiger partial charge on any atom is 0.255 e. The molecule has 1 aromatic heterocycles. The van der Waals surface area contributed by atoms with E-state index >= 15 is 0 Å². The molecule has 1 atom stereocenters. The molecule has 0 spiro atoms. The molecule has 2 aromatic rings. The van der Waals surface area contributed by atoms with Crippen molar-refractivity contribution in [1.29, 1.82) is 0 Å². The van der Waals surface area contributed by atoms with Crippen LogP contribution in [0.25, 0.3) is 0 Å². The molecule has 3 rings (SSSR count). The van der Waals surface area contributed by atoms with Crippen LogP contribution in [0.4, 0.5) is 5.13 Å². The summed E-state index contributed by atoms with van der Waals surface area (Å²) in [5, 5.41) is 12.2. The molecule has 0 radical (unpaired) electrons. The van der Waals surface area contributed by atoms with Gasteiger partial charge in [0.1, 0.15) is 11.1 Å². The minimum atomic E-state index is -0.372. The average Bonchev–Trinajstić information content (AvgIpc) is 3.27. The van der Waals surface area contributed by atoms with E-state index in [-0.39, 0.29) is 12.0 Å². The summed E-state index contributed by atoms with van der Waals surface area (Å²) >= 11 is 1.36. The number of nitrogens with zero attached hydrogens (tertiary/aromatic N) is 2. The second kappa shape index (κ2) is 7.59. The summed E-state index contributed by atoms with van der Waals surface area (Å²) in [5.41, 5.74) is 1.03. The van der Waals surface area contributed by atoms with Gasteiger partial charge in [-0.15, -0.1) is 10.2 Å². The van der Waals surface area contributed by atoms with Gasteiger partial charge < -0.3 is 14.2 Å². The van der Waals surface area contributed by atoms with Crippen molar-refractivity contribution in [2.24, 2.45) is 0 Å². The average molecular weight is 349 g/mol. The van der Waals surface area contributed by atoms with Gasteiger partial charge in [0.2, 0.25) is 5.13 Å². The second-order valence-corrected chi connectivity index (χ2v) is 6.42. The Morgan fingerprint density at radius 3 is 2.88 bits per heavy atom. The van der Waals surface area contributed by atoms with Crippen LogP contribution in [0.1, 0.15) is 23.4 Å². The first-order valence-electron chi connectivity index (χ1n) is 7.65. The molecular formula is C16H19N3O4S. The highest BCUT2D eigenvalue weighted by Gasteiger charge is 2.24. The highest BCUT2D eigenvalue weighted by molar-refractivity contribution is 7.15. The van der Waals surface area contributed by atoms with Crippen LogP contribution in [0, 0.1) is 0 Å². The van der Waals surface area contributed by atoms with E-state index < -0.39 is 0 Å². The molecule has 8 heteroatoms. The number of ether oxygens (including phenoxy) is 3. The van der Waals surface area contributed by atoms with Gasteiger partial charge in [0.15, 0.2) is 11.5 Å². The Labute approximate surface area is 144 Å². The van der Waals surface area contributed by atoms with E-state index in [2.05, 4.69) is 15.5 Å². The van der Waals surface area contributed by atoms with E-state index in [4.69, 9.17) is 14.2 Å². The molecule has 0 aliphatic carbocycles. The van der Waals surface area contributed by atoms with Gasteiger partial charge in [-0.25, -0.2) is 0 Å². The Hall–Kier alpha value is -2.19. The first kappa shape index (κ1) is 16.7. The van der Waals surface area contributed by atoms with Crippen LogP contribution in [-0.4, -0.2) is 43.0 Å². The molecule has 0 unspecified atom stereocenters. The van der Waals surface area contributed by atoms with Crippen LogP contribution in [-0.2, 0) is 16.0 Å². The number of amides is 1. The van der Waals surface area contributed by atoms with Crippen molar-refractivity contribution in [3.05, 3.63) is 28.8 Å². The fourth-order valence-electron chi connectivity index (χ4n) is 2.51. The molecule has 1 N–H and O–H groups in total. The number of methoxy groups -OCH3 is 2. The molecule has 2 heterocycles. The Morgan fingerprint density at radius 2 is 2.17 bits per heavy atom. The lowest BCUT2D eigenvalue weighted by Gasteiger charge is -2.08. The van der Waals surface area contributed by atoms with Gasteiger partial charge >= 0.3 is 0 Å². The molecule has 7 nitrogen and oxygen atoms in total. The zero-order valence-electron chi connectivity index (χ0n) is 13.6. The third-order valence-corrected chi connectivity index (χ3v) is 4.56. The summed E-state index contributed by atoms with van der Waals surface area (Å²) in [4.78, 5) is 12.0. The molecule has 1 aromatic carbocycles. The number of nitrogens with one attached hydrogen (secondary N) is 1. The van der Waals surface area contributed by atoms with Gasteiger partial charge in [-0.05, 0) is 30.5 Å². The van der Waals surface area contributed by atoms with E-state index in [0.717, 1.165) is 23.4 Å². The molecule has 1 fully saturated rings. The van der Waals surface area contributed by atoms with Gasteiger partial charge in [0.25, 0.3) is 5.91 Å². The molecule has 1 aliphatic heterocycles. The van der Waals surface area contributed by atoms with Gasteiger partial charge in [0, 0.05) is 13.0 Å². The molecular weight excluding hydrogens is 330 g/mol. The van der Waals surface area contributed by atoms with Gasteiger partial charge in [0.05, 0.1) is 14.2 Å². The van der Waals surface area contributed by atoms with Crippen molar-refractivity contribution in [3.63, 3.8) is 0 Å². The molecule has 128 valence electrons. The SMILES string of the molecule is COc1ccc(Cc2nnc(NC(=O)[C@@H]3CCCO3)s2)cc1OC. The number of aromatic nitrogens is 2. The third-order valence-electron chi connectivity index (χ3n) is 3.72. The van der Waals surface area contributed by atoms with Crippen LogP contribution >= 0.6 is 11.3 Å². The predicted octanol–water partition coefficient (Wildman–Crippen LogP) is 2.26. The molecule has 0 saturated carbocycles. The Bertz CT molecular complexity index is 713. The minimum Gasteiger partial charge on any atom is -0.493 e. The smallest absolute Gasteiger partial charge is 0.255 e. The minimum absolute atomic E-state index is 0.152. The van der Waals surface area contributed by atoms with Gasteiger partial charge in [-0.2, -0.15) is 0 Å². The Kier molecular flexibility index (Phi) is 5.27. The number of carbonyl (C=O) groups excluding carboxylic acids is 1. The number of benzene rings is 1. The molecule has 1 saturated heterocycles. The lowest BCUT2D eigenvalue weighted by atomic mass is 10.1. The first-order valence-corrected chi connectivity index (χ1v) is 8.47. The van der Waals surface area contributed by atoms with E-state index in [9.17, 15) is 4.79 Å². The standard InChI is InChI=1S/C16H19N3O4S/c1-21-11-6-5-10(8-13(11)22-2)9-14-18-19-16(24-14)17-15(20)12-4-3-7-23-12/h5-6,8,12H,3-4,7,9H2,1-2H3,(H,17,19,20)/t12-/m0/s1. The zero-order valence-corrected chi connectivity index (χ0v) is 14.4. The topological polar surface area (TPSA) is 82.6 Å². The number of hydrogen-bond acceptors (Lipinski definition) is 7. The van der Waals surface area contributed by atoms with Crippen LogP contribution in [0.15, 0.2) is 18.2 Å². The summed E-state index contributed by atoms with van der Waals surface area (Å²) in [6.45, 7) is 0.638. The van der Waals surface area contributed by atoms with Crippen molar-refractivity contribution < 1.29 is 19.0 Å². The lowest BCUT2D eigenvalue weighted by Crippen LogP contribution is -2.26. The van der Waals surface area contributed by atoms with Crippen LogP contribution in [0.5, 0.6) is 11.5 Å². The molecule has 0 bridgehead atoms. The van der Waals surface area contributed by atoms with Crippen LogP contribution in [0.3, 0.4) is 0 Å². The van der Waals surface area contributed by atoms with Crippen molar-refractivity contribution >= 4 is 22.4 Å². The van der Waals surface area contributed by atoms with Crippen molar-refractivity contribution in [2.75, 3.05) is 26.1 Å². The first-order chi connectivity index (χ1) is 11.7. The quantitative estimate of drug-likeness (QED) is 0.861. The van der Waals surface area contributed by atoms with E-state index in [1.165, 1.54) is 11.3 Å². The van der Waals surface area contributed by atoms with Gasteiger partial charge in [-0.1, -0.05) is 17.4 Å². The number of hydrogen-bond donors (Lipinski definition) is 1. The highest BCUT2D eigenvalue weighted by Crippen LogP contribution is 2.29. The highest BCUT2D eigenvalue weighted by atomic mass is 32.1. The zero-order chi connectivity index (χ0) is 16.9. The van der Waals surface area contributed by atoms with Crippen molar-refractivity contribution in [2.45, 2.75) is 25.4 Å². The van der Waals surface area contributed by atoms with Crippen molar-refractivity contribution in [1.82, 2.24) is 10.2 Å². The maximum atomic E-state index is 12.0. The molecule has 1 amide bonds. The summed E-state index contributed by atoms with van der Waals surface area (Å²) in [7, 11) is 3.20. The lowest BCUT2D eigenvalue weighted by molar-refractivity contribution is -0.124. The fourth-order valence-corrected chi connectivity index (χ4v) is 3.29. The second-order valence-electron chi connectivity index (χ2n) is 5.36. The fraction of sp³-hybridized carbons (Fsp3) is 0.438. The van der Waals surface area contributed by atoms with E-state index in [0.29, 0.717) is 29.7 Å². The monoisotopic (exact) mass is 349 g/mol. The number of rotatable bonds is 6. The number of anilines is 1. The normalized spacial score (nSPS) is 16.8. The predicted molar refractivity (Wildman–Crippen MR) is 89.9 cm³/mol. The third kappa shape index (κ3) is 3.82. The summed E-state index contributed by atoms with van der Waals surface area (Å²) in [5.74, 6) is 1.20. The molecule has 1 aliphatic rings. The number of carbonyl (C=O) groups is 1. The van der Waals surface area contributed by atoms with E-state index in [1.54, 1.807) is 14.2 Å². The Morgan fingerprint density at radius 1 is 1.33 bits per heavy atom.